The van der Waals surface area contributed by atoms with Crippen molar-refractivity contribution in [2.45, 2.75) is 32.6 Å². The molecular weight excluding hydrogens is 464 g/mol. The molecule has 0 spiro atoms. The van der Waals surface area contributed by atoms with Crippen LogP contribution in [0.2, 0.25) is 0 Å². The van der Waals surface area contributed by atoms with Crippen LogP contribution < -0.4 is 26.6 Å². The summed E-state index contributed by atoms with van der Waals surface area (Å²) in [5.41, 5.74) is 6.49. The topological polar surface area (TPSA) is 129 Å². The van der Waals surface area contributed by atoms with Crippen molar-refractivity contribution in [1.29, 1.82) is 0 Å². The van der Waals surface area contributed by atoms with Crippen LogP contribution >= 0.6 is 0 Å². The van der Waals surface area contributed by atoms with E-state index in [1.54, 1.807) is 21.1 Å². The summed E-state index contributed by atoms with van der Waals surface area (Å²) in [7, 11) is 3.12. The fourth-order valence-corrected chi connectivity index (χ4v) is 3.73. The van der Waals surface area contributed by atoms with Gasteiger partial charge in [-0.15, -0.1) is 0 Å². The summed E-state index contributed by atoms with van der Waals surface area (Å²) in [6.45, 7) is 2.42. The molecule has 192 valence electrons. The van der Waals surface area contributed by atoms with Crippen molar-refractivity contribution < 1.29 is 19.0 Å². The molecule has 0 aliphatic rings. The second-order valence-electron chi connectivity index (χ2n) is 8.21. The van der Waals surface area contributed by atoms with Gasteiger partial charge in [0, 0.05) is 20.3 Å². The smallest absolute Gasteiger partial charge is 0.330 e. The van der Waals surface area contributed by atoms with Crippen molar-refractivity contribution in [1.82, 2.24) is 9.55 Å². The van der Waals surface area contributed by atoms with Crippen molar-refractivity contribution in [2.24, 2.45) is 0 Å². The fraction of sp³-hybridized carbons (Fsp3) is 0.346. The Hall–Kier alpha value is -3.89. The van der Waals surface area contributed by atoms with Crippen LogP contribution in [-0.2, 0) is 27.4 Å². The van der Waals surface area contributed by atoms with Crippen molar-refractivity contribution in [3.8, 4) is 5.75 Å². The zero-order valence-electron chi connectivity index (χ0n) is 20.7. The second kappa shape index (κ2) is 12.7. The summed E-state index contributed by atoms with van der Waals surface area (Å²) in [5.74, 6) is 0.116. The molecule has 10 heteroatoms. The van der Waals surface area contributed by atoms with E-state index < -0.39 is 23.3 Å². The van der Waals surface area contributed by atoms with Crippen LogP contribution in [0.1, 0.15) is 24.5 Å². The lowest BCUT2D eigenvalue weighted by Crippen LogP contribution is -2.45. The number of nitrogens with two attached hydrogens (primary N) is 1. The highest BCUT2D eigenvalue weighted by molar-refractivity contribution is 5.98. The van der Waals surface area contributed by atoms with Crippen molar-refractivity contribution in [3.05, 3.63) is 86.6 Å². The Bertz CT molecular complexity index is 1270. The average molecular weight is 497 g/mol. The number of aromatic nitrogens is 2. The third kappa shape index (κ3) is 6.61. The van der Waals surface area contributed by atoms with Crippen LogP contribution in [0, 0.1) is 0 Å². The number of hydrogen-bond donors (Lipinski definition) is 2. The summed E-state index contributed by atoms with van der Waals surface area (Å²) in [5, 5.41) is 0. The van der Waals surface area contributed by atoms with E-state index in [-0.39, 0.29) is 31.2 Å². The SMILES string of the molecule is COCCCN(C(=O)C(C)OCc1cccc(OC)c1)c1c(N)n(Cc2ccccc2)c(=O)[nH]c1=O. The number of methoxy groups -OCH3 is 2. The Morgan fingerprint density at radius 3 is 2.50 bits per heavy atom. The maximum absolute atomic E-state index is 13.5. The molecule has 3 N–H and O–H groups in total. The Balaban J connectivity index is 1.90. The summed E-state index contributed by atoms with van der Waals surface area (Å²) in [4.78, 5) is 42.5. The molecule has 0 radical (unpaired) electrons. The number of aromatic amines is 1. The fourth-order valence-electron chi connectivity index (χ4n) is 3.73. The van der Waals surface area contributed by atoms with Crippen LogP contribution in [0.5, 0.6) is 5.75 Å². The molecule has 36 heavy (non-hydrogen) atoms. The van der Waals surface area contributed by atoms with Crippen LogP contribution in [0.25, 0.3) is 0 Å². The monoisotopic (exact) mass is 496 g/mol. The molecule has 0 aliphatic heterocycles. The number of benzene rings is 2. The first-order chi connectivity index (χ1) is 17.3. The van der Waals surface area contributed by atoms with Gasteiger partial charge in [-0.3, -0.25) is 19.1 Å². The first-order valence-corrected chi connectivity index (χ1v) is 11.6. The second-order valence-corrected chi connectivity index (χ2v) is 8.21. The zero-order valence-corrected chi connectivity index (χ0v) is 20.7. The molecular formula is C26H32N4O6. The highest BCUT2D eigenvalue weighted by atomic mass is 16.5. The molecule has 0 fully saturated rings. The van der Waals surface area contributed by atoms with E-state index in [1.165, 1.54) is 9.47 Å². The largest absolute Gasteiger partial charge is 0.497 e. The number of H-pyrrole nitrogens is 1. The number of nitrogens with one attached hydrogen (secondary N) is 1. The molecule has 0 bridgehead atoms. The summed E-state index contributed by atoms with van der Waals surface area (Å²) >= 11 is 0. The lowest BCUT2D eigenvalue weighted by Gasteiger charge is -2.27. The number of carbonyl (C=O) groups is 1. The van der Waals surface area contributed by atoms with Gasteiger partial charge in [-0.2, -0.15) is 0 Å². The Morgan fingerprint density at radius 1 is 1.08 bits per heavy atom. The minimum atomic E-state index is -0.896. The third-order valence-electron chi connectivity index (χ3n) is 5.65. The number of anilines is 2. The molecule has 0 aliphatic carbocycles. The number of amides is 1. The average Bonchev–Trinajstić information content (AvgIpc) is 2.89. The van der Waals surface area contributed by atoms with Gasteiger partial charge in [0.1, 0.15) is 17.7 Å². The standard InChI is InChI=1S/C26H32N4O6/c1-18(36-17-20-11-7-12-21(15-20)35-3)25(32)29(13-8-14-34-2)22-23(27)30(26(33)28-24(22)31)16-19-9-5-4-6-10-19/h4-7,9-12,15,18H,8,13-14,16-17,27H2,1-3H3,(H,28,31,33). The van der Waals surface area contributed by atoms with E-state index in [4.69, 9.17) is 19.9 Å². The van der Waals surface area contributed by atoms with E-state index in [0.717, 1.165) is 11.1 Å². The Kier molecular flexibility index (Phi) is 9.43. The van der Waals surface area contributed by atoms with Crippen molar-refractivity contribution >= 4 is 17.4 Å². The maximum Gasteiger partial charge on any atom is 0.330 e. The molecule has 0 saturated heterocycles. The molecule has 1 atom stereocenters. The molecule has 1 unspecified atom stereocenters. The lowest BCUT2D eigenvalue weighted by molar-refractivity contribution is -0.129. The van der Waals surface area contributed by atoms with Gasteiger partial charge in [-0.05, 0) is 36.6 Å². The molecule has 10 nitrogen and oxygen atoms in total. The van der Waals surface area contributed by atoms with Gasteiger partial charge in [0.05, 0.1) is 20.3 Å². The summed E-state index contributed by atoms with van der Waals surface area (Å²) < 4.78 is 17.4. The Morgan fingerprint density at radius 2 is 1.81 bits per heavy atom. The molecule has 3 aromatic rings. The minimum Gasteiger partial charge on any atom is -0.497 e. The first kappa shape index (κ1) is 26.7. The van der Waals surface area contributed by atoms with Gasteiger partial charge < -0.3 is 24.8 Å². The van der Waals surface area contributed by atoms with Crippen LogP contribution in [0.3, 0.4) is 0 Å². The quantitative estimate of drug-likeness (QED) is 0.368. The van der Waals surface area contributed by atoms with Gasteiger partial charge in [0.2, 0.25) is 0 Å². The van der Waals surface area contributed by atoms with Crippen molar-refractivity contribution in [2.75, 3.05) is 38.0 Å². The van der Waals surface area contributed by atoms with Crippen molar-refractivity contribution in [3.63, 3.8) is 0 Å². The highest BCUT2D eigenvalue weighted by Gasteiger charge is 2.28. The van der Waals surface area contributed by atoms with Gasteiger partial charge in [0.25, 0.3) is 11.5 Å². The molecule has 3 rings (SSSR count). The van der Waals surface area contributed by atoms with Crippen LogP contribution in [0.4, 0.5) is 11.5 Å². The molecule has 1 aromatic heterocycles. The number of carbonyl (C=O) groups excluding carboxylic acids is 1. The molecule has 2 aromatic carbocycles. The predicted octanol–water partition coefficient (Wildman–Crippen LogP) is 2.15. The maximum atomic E-state index is 13.5. The van der Waals surface area contributed by atoms with Crippen LogP contribution in [0.15, 0.2) is 64.2 Å². The van der Waals surface area contributed by atoms with E-state index in [2.05, 4.69) is 4.98 Å². The van der Waals surface area contributed by atoms with Gasteiger partial charge in [0.15, 0.2) is 5.69 Å². The number of nitrogen functional groups attached to an aromatic ring is 1. The highest BCUT2D eigenvalue weighted by Crippen LogP contribution is 2.21. The third-order valence-corrected chi connectivity index (χ3v) is 5.65. The van der Waals surface area contributed by atoms with E-state index >= 15 is 0 Å². The number of nitrogens with zero attached hydrogens (tertiary/aromatic N) is 2. The van der Waals surface area contributed by atoms with E-state index in [0.29, 0.717) is 18.8 Å². The number of rotatable bonds is 12. The lowest BCUT2D eigenvalue weighted by atomic mass is 10.2. The van der Waals surface area contributed by atoms with Gasteiger partial charge >= 0.3 is 5.69 Å². The predicted molar refractivity (Wildman–Crippen MR) is 137 cm³/mol. The summed E-state index contributed by atoms with van der Waals surface area (Å²) in [6, 6.07) is 16.5. The zero-order chi connectivity index (χ0) is 26.1. The first-order valence-electron chi connectivity index (χ1n) is 11.6. The Labute approximate surface area is 209 Å². The minimum absolute atomic E-state index is 0.0940. The van der Waals surface area contributed by atoms with E-state index in [9.17, 15) is 14.4 Å². The van der Waals surface area contributed by atoms with E-state index in [1.807, 2.05) is 54.6 Å². The normalized spacial score (nSPS) is 11.8. The molecule has 1 heterocycles. The number of hydrogen-bond acceptors (Lipinski definition) is 7. The molecule has 0 saturated carbocycles. The summed E-state index contributed by atoms with van der Waals surface area (Å²) in [6.07, 6.45) is -0.450. The molecule has 1 amide bonds. The number of ether oxygens (including phenoxy) is 3. The van der Waals surface area contributed by atoms with Gasteiger partial charge in [-0.1, -0.05) is 42.5 Å². The van der Waals surface area contributed by atoms with Crippen LogP contribution in [-0.4, -0.2) is 48.9 Å². The van der Waals surface area contributed by atoms with Gasteiger partial charge in [-0.25, -0.2) is 4.79 Å².